The van der Waals surface area contributed by atoms with Crippen LogP contribution in [-0.2, 0) is 9.36 Å². The van der Waals surface area contributed by atoms with E-state index in [1.54, 1.807) is 0 Å². The fourth-order valence-electron chi connectivity index (χ4n) is 4.16. The Balaban J connectivity index is 0. The standard InChI is InChI=1S/C25H53N.C3H8NO5P/c1-4-6-8-10-12-14-16-18-20-22-24-26(3)25-23-21-19-17-15-13-11-9-7-5-2;5-3(6)1-4-2-10(7,8)9/h4-25H2,1-3H3;4H,1-2H2,(H,5,6)(H2,7,8,9). The van der Waals surface area contributed by atoms with Crippen LogP contribution >= 0.6 is 7.60 Å². The minimum absolute atomic E-state index is 0.439. The van der Waals surface area contributed by atoms with Crippen LogP contribution in [0.15, 0.2) is 0 Å². The van der Waals surface area contributed by atoms with Gasteiger partial charge in [-0.2, -0.15) is 0 Å². The maximum atomic E-state index is 10.1. The zero-order valence-electron chi connectivity index (χ0n) is 24.0. The summed E-state index contributed by atoms with van der Waals surface area (Å²) >= 11 is 0. The predicted molar refractivity (Wildman–Crippen MR) is 154 cm³/mol. The van der Waals surface area contributed by atoms with Crippen LogP contribution in [-0.4, -0.2) is 58.7 Å². The summed E-state index contributed by atoms with van der Waals surface area (Å²) in [5.41, 5.74) is 0. The zero-order valence-corrected chi connectivity index (χ0v) is 24.9. The van der Waals surface area contributed by atoms with Crippen LogP contribution in [0.4, 0.5) is 0 Å². The van der Waals surface area contributed by atoms with Crippen molar-refractivity contribution in [1.82, 2.24) is 10.2 Å². The minimum atomic E-state index is -4.10. The molecule has 36 heavy (non-hydrogen) atoms. The maximum absolute atomic E-state index is 10.1. The first-order chi connectivity index (χ1) is 17.2. The zero-order chi connectivity index (χ0) is 27.3. The molecule has 0 atom stereocenters. The van der Waals surface area contributed by atoms with E-state index < -0.39 is 26.4 Å². The van der Waals surface area contributed by atoms with Gasteiger partial charge in [0.05, 0.1) is 12.8 Å². The first-order valence-corrected chi connectivity index (χ1v) is 16.7. The molecule has 0 aromatic carbocycles. The summed E-state index contributed by atoms with van der Waals surface area (Å²) in [5.74, 6) is -1.14. The lowest BCUT2D eigenvalue weighted by Gasteiger charge is -2.16. The monoisotopic (exact) mass is 536 g/mol. The van der Waals surface area contributed by atoms with E-state index in [0.717, 1.165) is 0 Å². The molecule has 8 heteroatoms. The SMILES string of the molecule is CCCCCCCCCCCCN(C)CCCCCCCCCCCC.O=C(O)CNCP(=O)(O)O. The van der Waals surface area contributed by atoms with Gasteiger partial charge >= 0.3 is 13.6 Å². The Bertz CT molecular complexity index is 478. The van der Waals surface area contributed by atoms with E-state index in [2.05, 4.69) is 31.1 Å². The van der Waals surface area contributed by atoms with Crippen molar-refractivity contribution in [2.45, 2.75) is 142 Å². The van der Waals surface area contributed by atoms with Crippen LogP contribution in [0.5, 0.6) is 0 Å². The quantitative estimate of drug-likeness (QED) is 0.0667. The number of nitrogens with zero attached hydrogens (tertiary/aromatic N) is 1. The molecule has 0 aromatic rings. The van der Waals surface area contributed by atoms with Gasteiger partial charge in [-0.1, -0.05) is 129 Å². The van der Waals surface area contributed by atoms with Crippen LogP contribution in [0.25, 0.3) is 0 Å². The van der Waals surface area contributed by atoms with E-state index in [4.69, 9.17) is 14.9 Å². The van der Waals surface area contributed by atoms with Gasteiger partial charge in [-0.25, -0.2) is 0 Å². The van der Waals surface area contributed by atoms with Crippen LogP contribution in [0, 0.1) is 0 Å². The van der Waals surface area contributed by atoms with Gasteiger partial charge in [0.2, 0.25) is 0 Å². The largest absolute Gasteiger partial charge is 0.480 e. The highest BCUT2D eigenvalue weighted by atomic mass is 31.2. The molecule has 218 valence electrons. The van der Waals surface area contributed by atoms with E-state index in [9.17, 15) is 9.36 Å². The molecule has 0 aliphatic carbocycles. The third-order valence-electron chi connectivity index (χ3n) is 6.38. The molecule has 0 radical (unpaired) electrons. The Kier molecular flexibility index (Phi) is 30.5. The summed E-state index contributed by atoms with van der Waals surface area (Å²) in [6.45, 7) is 6.79. The lowest BCUT2D eigenvalue weighted by Crippen LogP contribution is -2.23. The molecule has 0 heterocycles. The summed E-state index contributed by atoms with van der Waals surface area (Å²) < 4.78 is 10.1. The van der Waals surface area contributed by atoms with E-state index in [-0.39, 0.29) is 0 Å². The van der Waals surface area contributed by atoms with Crippen molar-refractivity contribution in [1.29, 1.82) is 0 Å². The minimum Gasteiger partial charge on any atom is -0.480 e. The third kappa shape index (κ3) is 38.1. The van der Waals surface area contributed by atoms with Gasteiger partial charge in [0.15, 0.2) is 0 Å². The number of aliphatic carboxylic acids is 1. The third-order valence-corrected chi connectivity index (χ3v) is 7.02. The number of carboxylic acid groups (broad SMARTS) is 1. The second-order valence-electron chi connectivity index (χ2n) is 10.3. The summed E-state index contributed by atoms with van der Waals surface area (Å²) in [5, 5.41) is 10.1. The van der Waals surface area contributed by atoms with Crippen molar-refractivity contribution >= 4 is 13.6 Å². The highest BCUT2D eigenvalue weighted by Gasteiger charge is 2.11. The molecule has 0 rings (SSSR count). The van der Waals surface area contributed by atoms with Crippen molar-refractivity contribution in [3.63, 3.8) is 0 Å². The first-order valence-electron chi connectivity index (χ1n) is 14.9. The van der Waals surface area contributed by atoms with E-state index in [1.807, 2.05) is 0 Å². The molecule has 0 fully saturated rings. The van der Waals surface area contributed by atoms with Gasteiger partial charge < -0.3 is 19.8 Å². The highest BCUT2D eigenvalue weighted by molar-refractivity contribution is 7.51. The predicted octanol–water partition coefficient (Wildman–Crippen LogP) is 7.56. The molecule has 0 unspecified atom stereocenters. The van der Waals surface area contributed by atoms with Gasteiger partial charge in [-0.15, -0.1) is 0 Å². The number of carbonyl (C=O) groups is 1. The van der Waals surface area contributed by atoms with Gasteiger partial charge in [0.1, 0.15) is 0 Å². The average molecular weight is 537 g/mol. The molecule has 0 bridgehead atoms. The molecule has 0 spiro atoms. The molecule has 0 aliphatic rings. The Hall–Kier alpha value is -0.460. The van der Waals surface area contributed by atoms with E-state index in [1.165, 1.54) is 142 Å². The van der Waals surface area contributed by atoms with Crippen molar-refractivity contribution in [3.8, 4) is 0 Å². The Morgan fingerprint density at radius 2 is 0.944 bits per heavy atom. The van der Waals surface area contributed by atoms with Crippen LogP contribution in [0.2, 0.25) is 0 Å². The lowest BCUT2D eigenvalue weighted by molar-refractivity contribution is -0.135. The van der Waals surface area contributed by atoms with Crippen molar-refractivity contribution < 1.29 is 24.3 Å². The van der Waals surface area contributed by atoms with Gasteiger partial charge in [0, 0.05) is 0 Å². The number of unbranched alkanes of at least 4 members (excludes halogenated alkanes) is 18. The highest BCUT2D eigenvalue weighted by Crippen LogP contribution is 2.31. The lowest BCUT2D eigenvalue weighted by atomic mass is 10.1. The number of carboxylic acids is 1. The molecule has 4 N–H and O–H groups in total. The Labute approximate surface area is 223 Å². The molecular weight excluding hydrogens is 475 g/mol. The smallest absolute Gasteiger partial charge is 0.339 e. The van der Waals surface area contributed by atoms with Gasteiger partial charge in [0.25, 0.3) is 0 Å². The van der Waals surface area contributed by atoms with Crippen molar-refractivity contribution in [2.75, 3.05) is 33.0 Å². The average Bonchev–Trinajstić information content (AvgIpc) is 2.81. The molecule has 7 nitrogen and oxygen atoms in total. The number of hydrogen-bond acceptors (Lipinski definition) is 4. The van der Waals surface area contributed by atoms with Crippen LogP contribution < -0.4 is 5.32 Å². The topological polar surface area (TPSA) is 110 Å². The molecule has 0 saturated heterocycles. The van der Waals surface area contributed by atoms with Crippen LogP contribution in [0.1, 0.15) is 142 Å². The second kappa shape index (κ2) is 29.1. The normalized spacial score (nSPS) is 11.5. The summed E-state index contributed by atoms with van der Waals surface area (Å²) in [7, 11) is -1.78. The first kappa shape index (κ1) is 37.7. The van der Waals surface area contributed by atoms with Crippen LogP contribution in [0.3, 0.4) is 0 Å². The van der Waals surface area contributed by atoms with Crippen molar-refractivity contribution in [2.24, 2.45) is 0 Å². The van der Waals surface area contributed by atoms with E-state index >= 15 is 0 Å². The molecule has 0 amide bonds. The summed E-state index contributed by atoms with van der Waals surface area (Å²) in [6, 6.07) is 0. The fraction of sp³-hybridized carbons (Fsp3) is 0.964. The van der Waals surface area contributed by atoms with Gasteiger partial charge in [-0.3, -0.25) is 14.7 Å². The fourth-order valence-corrected chi connectivity index (χ4v) is 4.56. The van der Waals surface area contributed by atoms with E-state index in [0.29, 0.717) is 0 Å². The molecule has 0 aromatic heterocycles. The number of rotatable bonds is 26. The Morgan fingerprint density at radius 1 is 0.639 bits per heavy atom. The molecule has 0 aliphatic heterocycles. The Morgan fingerprint density at radius 3 is 1.22 bits per heavy atom. The molecular formula is C28H61N2O5P. The van der Waals surface area contributed by atoms with Gasteiger partial charge in [-0.05, 0) is 33.0 Å². The number of hydrogen-bond donors (Lipinski definition) is 4. The number of nitrogens with one attached hydrogen (secondary N) is 1. The summed E-state index contributed by atoms with van der Waals surface area (Å²) in [6.07, 6.45) is 28.3. The summed E-state index contributed by atoms with van der Waals surface area (Å²) in [4.78, 5) is 28.7. The molecule has 0 saturated carbocycles. The second-order valence-corrected chi connectivity index (χ2v) is 12.0. The maximum Gasteiger partial charge on any atom is 0.339 e. The van der Waals surface area contributed by atoms with Crippen molar-refractivity contribution in [3.05, 3.63) is 0 Å².